The summed E-state index contributed by atoms with van der Waals surface area (Å²) in [6, 6.07) is 9.15. The van der Waals surface area contributed by atoms with Crippen molar-refractivity contribution < 1.29 is 9.90 Å². The molecule has 0 saturated carbocycles. The Labute approximate surface area is 139 Å². The molecule has 24 heavy (non-hydrogen) atoms. The molecule has 0 aliphatic rings. The Morgan fingerprint density at radius 3 is 2.88 bits per heavy atom. The smallest absolute Gasteiger partial charge is 0.296 e. The first-order chi connectivity index (χ1) is 11.6. The van der Waals surface area contributed by atoms with E-state index >= 15 is 0 Å². The number of carbonyl (C=O) groups excluding carboxylic acids is 1. The number of aryl methyl sites for hydroxylation is 2. The van der Waals surface area contributed by atoms with E-state index in [1.165, 1.54) is 6.20 Å². The highest BCUT2D eigenvalue weighted by Crippen LogP contribution is 2.39. The molecule has 1 N–H and O–H groups in total. The van der Waals surface area contributed by atoms with Gasteiger partial charge in [-0.2, -0.15) is 0 Å². The normalized spacial score (nSPS) is 11.4. The second kappa shape index (κ2) is 6.62. The van der Waals surface area contributed by atoms with Crippen molar-refractivity contribution in [2.45, 2.75) is 26.8 Å². The van der Waals surface area contributed by atoms with E-state index in [-0.39, 0.29) is 5.88 Å². The summed E-state index contributed by atoms with van der Waals surface area (Å²) in [4.78, 5) is 16.0. The maximum absolute atomic E-state index is 12.1. The lowest BCUT2D eigenvalue weighted by molar-refractivity contribution is 0.0994. The van der Waals surface area contributed by atoms with Gasteiger partial charge in [-0.25, -0.2) is 0 Å². The van der Waals surface area contributed by atoms with Gasteiger partial charge in [0.05, 0.1) is 11.1 Å². The topological polar surface area (TPSA) is 79.8 Å². The number of rotatable bonds is 4. The number of nitrogens with zero attached hydrogens (tertiary/aromatic N) is 4. The molecule has 6 nitrogen and oxygen atoms in total. The van der Waals surface area contributed by atoms with E-state index in [1.807, 2.05) is 32.0 Å². The average Bonchev–Trinajstić information content (AvgIpc) is 2.85. The van der Waals surface area contributed by atoms with E-state index in [0.717, 1.165) is 22.9 Å². The fourth-order valence-electron chi connectivity index (χ4n) is 2.63. The number of aromatic hydroxyl groups is 1. The van der Waals surface area contributed by atoms with Gasteiger partial charge in [0.25, 0.3) is 5.91 Å². The fraction of sp³-hybridized carbons (Fsp3) is 0.222. The first-order valence-electron chi connectivity index (χ1n) is 7.79. The first-order valence-corrected chi connectivity index (χ1v) is 7.79. The standard InChI is InChI=1S/C18H18N4O2/c1-3-9-22-15-7-6-12(2)10-14(15)16(18(22)24)20-21-17(23)13-5-4-8-19-11-13/h4-8,10-11,24H,3,9H2,1-2H3. The van der Waals surface area contributed by atoms with Crippen LogP contribution in [0, 0.1) is 6.92 Å². The van der Waals surface area contributed by atoms with Gasteiger partial charge in [-0.1, -0.05) is 18.6 Å². The summed E-state index contributed by atoms with van der Waals surface area (Å²) in [5.74, 6) is -0.466. The molecule has 0 spiro atoms. The zero-order valence-electron chi connectivity index (χ0n) is 13.6. The molecule has 3 aromatic rings. The highest BCUT2D eigenvalue weighted by Gasteiger charge is 2.17. The van der Waals surface area contributed by atoms with Crippen molar-refractivity contribution >= 4 is 22.5 Å². The van der Waals surface area contributed by atoms with Crippen LogP contribution < -0.4 is 0 Å². The van der Waals surface area contributed by atoms with Crippen molar-refractivity contribution in [1.29, 1.82) is 0 Å². The number of amides is 1. The maximum Gasteiger partial charge on any atom is 0.296 e. The van der Waals surface area contributed by atoms with Gasteiger partial charge in [0.1, 0.15) is 0 Å². The van der Waals surface area contributed by atoms with Gasteiger partial charge >= 0.3 is 0 Å². The van der Waals surface area contributed by atoms with Gasteiger partial charge in [0, 0.05) is 24.3 Å². The van der Waals surface area contributed by atoms with Crippen LogP contribution in [0.25, 0.3) is 10.9 Å². The molecule has 2 heterocycles. The van der Waals surface area contributed by atoms with Crippen molar-refractivity contribution in [3.05, 3.63) is 53.9 Å². The lowest BCUT2D eigenvalue weighted by Crippen LogP contribution is -1.95. The summed E-state index contributed by atoms with van der Waals surface area (Å²) in [7, 11) is 0. The SMILES string of the molecule is CCCn1c(O)c(N=NC(=O)c2cccnc2)c2cc(C)ccc21. The van der Waals surface area contributed by atoms with Crippen LogP contribution in [-0.2, 0) is 6.54 Å². The van der Waals surface area contributed by atoms with Crippen LogP contribution in [0.15, 0.2) is 53.0 Å². The molecule has 0 unspecified atom stereocenters. The fourth-order valence-corrected chi connectivity index (χ4v) is 2.63. The summed E-state index contributed by atoms with van der Waals surface area (Å²) >= 11 is 0. The molecule has 122 valence electrons. The molecule has 0 radical (unpaired) electrons. The van der Waals surface area contributed by atoms with Gasteiger partial charge < -0.3 is 9.67 Å². The molecule has 0 fully saturated rings. The second-order valence-electron chi connectivity index (χ2n) is 5.59. The Kier molecular flexibility index (Phi) is 4.37. The molecule has 0 aliphatic heterocycles. The maximum atomic E-state index is 12.1. The number of hydrogen-bond acceptors (Lipinski definition) is 4. The first kappa shape index (κ1) is 15.9. The van der Waals surface area contributed by atoms with Crippen LogP contribution in [0.2, 0.25) is 0 Å². The molecule has 0 bridgehead atoms. The van der Waals surface area contributed by atoms with Crippen LogP contribution >= 0.6 is 0 Å². The number of aromatic nitrogens is 2. The number of carbonyl (C=O) groups is 1. The van der Waals surface area contributed by atoms with Gasteiger partial charge in [0.2, 0.25) is 5.88 Å². The van der Waals surface area contributed by atoms with Crippen molar-refractivity contribution in [3.63, 3.8) is 0 Å². The molecule has 6 heteroatoms. The minimum absolute atomic E-state index is 0.0280. The molecule has 3 rings (SSSR count). The van der Waals surface area contributed by atoms with Gasteiger partial charge in [0.15, 0.2) is 5.69 Å². The molecule has 1 aromatic carbocycles. The Bertz CT molecular complexity index is 914. The van der Waals surface area contributed by atoms with E-state index in [1.54, 1.807) is 22.9 Å². The minimum Gasteiger partial charge on any atom is -0.493 e. The molecular formula is C18H18N4O2. The highest BCUT2D eigenvalue weighted by atomic mass is 16.3. The number of pyridine rings is 1. The van der Waals surface area contributed by atoms with Crippen LogP contribution in [0.3, 0.4) is 0 Å². The summed E-state index contributed by atoms with van der Waals surface area (Å²) in [5.41, 5.74) is 2.60. The Hall–Kier alpha value is -3.02. The quantitative estimate of drug-likeness (QED) is 0.724. The lowest BCUT2D eigenvalue weighted by Gasteiger charge is -2.04. The largest absolute Gasteiger partial charge is 0.493 e. The third kappa shape index (κ3) is 2.90. The van der Waals surface area contributed by atoms with Gasteiger partial charge in [-0.05, 0) is 37.6 Å². The van der Waals surface area contributed by atoms with Crippen molar-refractivity contribution in [2.75, 3.05) is 0 Å². The highest BCUT2D eigenvalue weighted by molar-refractivity contribution is 5.97. The van der Waals surface area contributed by atoms with Crippen LogP contribution in [0.1, 0.15) is 29.3 Å². The van der Waals surface area contributed by atoms with Crippen molar-refractivity contribution in [3.8, 4) is 5.88 Å². The molecule has 0 saturated heterocycles. The lowest BCUT2D eigenvalue weighted by atomic mass is 10.1. The summed E-state index contributed by atoms with van der Waals surface area (Å²) in [6.45, 7) is 4.67. The van der Waals surface area contributed by atoms with Crippen LogP contribution in [0.4, 0.5) is 5.69 Å². The van der Waals surface area contributed by atoms with Crippen molar-refractivity contribution in [1.82, 2.24) is 9.55 Å². The number of fused-ring (bicyclic) bond motifs is 1. The Morgan fingerprint density at radius 2 is 2.17 bits per heavy atom. The Balaban J connectivity index is 2.05. The zero-order chi connectivity index (χ0) is 17.1. The van der Waals surface area contributed by atoms with E-state index in [4.69, 9.17) is 0 Å². The monoisotopic (exact) mass is 322 g/mol. The van der Waals surface area contributed by atoms with Gasteiger partial charge in [-0.3, -0.25) is 9.78 Å². The summed E-state index contributed by atoms with van der Waals surface area (Å²) < 4.78 is 1.79. The van der Waals surface area contributed by atoms with Crippen LogP contribution in [-0.4, -0.2) is 20.6 Å². The molecule has 0 aliphatic carbocycles. The molecular weight excluding hydrogens is 304 g/mol. The minimum atomic E-state index is -0.494. The van der Waals surface area contributed by atoms with E-state index in [9.17, 15) is 9.90 Å². The van der Waals surface area contributed by atoms with Crippen molar-refractivity contribution in [2.24, 2.45) is 10.2 Å². The predicted octanol–water partition coefficient (Wildman–Crippen LogP) is 4.38. The number of benzene rings is 1. The second-order valence-corrected chi connectivity index (χ2v) is 5.59. The number of hydrogen-bond donors (Lipinski definition) is 1. The van der Waals surface area contributed by atoms with Crippen LogP contribution in [0.5, 0.6) is 5.88 Å². The third-order valence-electron chi connectivity index (χ3n) is 3.76. The third-order valence-corrected chi connectivity index (χ3v) is 3.76. The molecule has 0 atom stereocenters. The molecule has 2 aromatic heterocycles. The predicted molar refractivity (Wildman–Crippen MR) is 91.7 cm³/mol. The molecule has 1 amide bonds. The zero-order valence-corrected chi connectivity index (χ0v) is 13.6. The van der Waals surface area contributed by atoms with Gasteiger partial charge in [-0.15, -0.1) is 10.2 Å². The van der Waals surface area contributed by atoms with E-state index < -0.39 is 5.91 Å². The average molecular weight is 322 g/mol. The Morgan fingerprint density at radius 1 is 1.33 bits per heavy atom. The van der Waals surface area contributed by atoms with E-state index in [2.05, 4.69) is 15.2 Å². The summed E-state index contributed by atoms with van der Waals surface area (Å²) in [5, 5.41) is 19.1. The summed E-state index contributed by atoms with van der Waals surface area (Å²) in [6.07, 6.45) is 3.89. The number of azo groups is 1. The van der Waals surface area contributed by atoms with E-state index in [0.29, 0.717) is 17.8 Å².